The largest absolute Gasteiger partial charge is 0.508 e. The first-order valence-electron chi connectivity index (χ1n) is 9.49. The Hall–Kier alpha value is -3.16. The number of amides is 2. The minimum atomic E-state index is -0.914. The number of benzene rings is 2. The van der Waals surface area contributed by atoms with Crippen LogP contribution in [0.25, 0.3) is 0 Å². The van der Waals surface area contributed by atoms with Crippen LogP contribution in [0.2, 0.25) is 0 Å². The Morgan fingerprint density at radius 3 is 2.48 bits per heavy atom. The molecule has 0 bridgehead atoms. The summed E-state index contributed by atoms with van der Waals surface area (Å²) in [7, 11) is 0. The molecule has 0 aliphatic carbocycles. The zero-order valence-electron chi connectivity index (χ0n) is 15.9. The molecule has 0 atom stereocenters. The van der Waals surface area contributed by atoms with Crippen LogP contribution in [0.1, 0.15) is 23.2 Å². The Morgan fingerprint density at radius 2 is 1.79 bits per heavy atom. The smallest absolute Gasteiger partial charge is 0.254 e. The lowest BCUT2D eigenvalue weighted by Gasteiger charge is -2.36. The second-order valence-electron chi connectivity index (χ2n) is 6.87. The molecule has 0 radical (unpaired) electrons. The Labute approximate surface area is 167 Å². The maximum Gasteiger partial charge on any atom is 0.254 e. The van der Waals surface area contributed by atoms with E-state index in [9.17, 15) is 23.5 Å². The van der Waals surface area contributed by atoms with E-state index in [0.717, 1.165) is 17.8 Å². The predicted octanol–water partition coefficient (Wildman–Crippen LogP) is 2.53. The molecule has 0 aromatic heterocycles. The molecule has 0 saturated carbocycles. The number of halogens is 2. The van der Waals surface area contributed by atoms with Crippen LogP contribution in [-0.4, -0.2) is 54.5 Å². The fourth-order valence-electron chi connectivity index (χ4n) is 3.27. The summed E-state index contributed by atoms with van der Waals surface area (Å²) in [6, 6.07) is 9.80. The summed E-state index contributed by atoms with van der Waals surface area (Å²) in [6.45, 7) is 2.75. The minimum Gasteiger partial charge on any atom is -0.508 e. The summed E-state index contributed by atoms with van der Waals surface area (Å²) in [4.78, 5) is 28.2. The van der Waals surface area contributed by atoms with Gasteiger partial charge >= 0.3 is 0 Å². The molecule has 2 N–H and O–H groups in total. The fourth-order valence-corrected chi connectivity index (χ4v) is 3.27. The van der Waals surface area contributed by atoms with E-state index >= 15 is 0 Å². The SMILES string of the molecule is O=C(NCCCC(=O)N1CCN(c2cccc(O)c2)CC1)c1ccc(F)cc1F. The zero-order valence-corrected chi connectivity index (χ0v) is 15.9. The Morgan fingerprint density at radius 1 is 1.03 bits per heavy atom. The number of carbonyl (C=O) groups is 2. The van der Waals surface area contributed by atoms with Crippen molar-refractivity contribution in [3.05, 3.63) is 59.7 Å². The van der Waals surface area contributed by atoms with Crippen molar-refractivity contribution in [1.29, 1.82) is 0 Å². The van der Waals surface area contributed by atoms with Crippen LogP contribution in [0.3, 0.4) is 0 Å². The van der Waals surface area contributed by atoms with Crippen molar-refractivity contribution in [2.75, 3.05) is 37.6 Å². The van der Waals surface area contributed by atoms with Gasteiger partial charge in [-0.15, -0.1) is 0 Å². The highest BCUT2D eigenvalue weighted by Gasteiger charge is 2.21. The van der Waals surface area contributed by atoms with Gasteiger partial charge in [-0.1, -0.05) is 6.07 Å². The third-order valence-corrected chi connectivity index (χ3v) is 4.86. The van der Waals surface area contributed by atoms with Crippen molar-refractivity contribution >= 4 is 17.5 Å². The van der Waals surface area contributed by atoms with E-state index in [4.69, 9.17) is 0 Å². The fraction of sp³-hybridized carbons (Fsp3) is 0.333. The van der Waals surface area contributed by atoms with Crippen LogP contribution < -0.4 is 10.2 Å². The van der Waals surface area contributed by atoms with Crippen molar-refractivity contribution in [3.63, 3.8) is 0 Å². The van der Waals surface area contributed by atoms with Crippen LogP contribution in [0.5, 0.6) is 5.75 Å². The van der Waals surface area contributed by atoms with Crippen molar-refractivity contribution in [2.24, 2.45) is 0 Å². The first kappa shape index (κ1) is 20.6. The monoisotopic (exact) mass is 403 g/mol. The average molecular weight is 403 g/mol. The van der Waals surface area contributed by atoms with Crippen LogP contribution in [0.15, 0.2) is 42.5 Å². The summed E-state index contributed by atoms with van der Waals surface area (Å²) >= 11 is 0. The molecule has 1 heterocycles. The van der Waals surface area contributed by atoms with E-state index in [2.05, 4.69) is 10.2 Å². The first-order valence-corrected chi connectivity index (χ1v) is 9.49. The summed E-state index contributed by atoms with van der Waals surface area (Å²) < 4.78 is 26.5. The number of phenolic OH excluding ortho intramolecular Hbond substituents is 1. The molecule has 1 aliphatic heterocycles. The maximum absolute atomic E-state index is 13.6. The molecule has 6 nitrogen and oxygen atoms in total. The number of nitrogens with zero attached hydrogens (tertiary/aromatic N) is 2. The molecule has 3 rings (SSSR count). The molecule has 2 amide bonds. The van der Waals surface area contributed by atoms with Crippen molar-refractivity contribution in [2.45, 2.75) is 12.8 Å². The van der Waals surface area contributed by atoms with Crippen LogP contribution in [-0.2, 0) is 4.79 Å². The molecule has 2 aromatic carbocycles. The highest BCUT2D eigenvalue weighted by molar-refractivity contribution is 5.94. The summed E-state index contributed by atoms with van der Waals surface area (Å²) in [6.07, 6.45) is 0.707. The Kier molecular flexibility index (Phi) is 6.64. The normalized spacial score (nSPS) is 14.0. The van der Waals surface area contributed by atoms with E-state index in [1.807, 2.05) is 6.07 Å². The summed E-state index contributed by atoms with van der Waals surface area (Å²) in [5.41, 5.74) is 0.702. The van der Waals surface area contributed by atoms with Gasteiger partial charge in [0.25, 0.3) is 5.91 Å². The van der Waals surface area contributed by atoms with Gasteiger partial charge in [0.2, 0.25) is 5.91 Å². The lowest BCUT2D eigenvalue weighted by Crippen LogP contribution is -2.48. The molecule has 29 heavy (non-hydrogen) atoms. The average Bonchev–Trinajstić information content (AvgIpc) is 2.71. The van der Waals surface area contributed by atoms with Gasteiger partial charge < -0.3 is 20.2 Å². The number of nitrogens with one attached hydrogen (secondary N) is 1. The minimum absolute atomic E-state index is 0.00257. The van der Waals surface area contributed by atoms with Gasteiger partial charge in [0, 0.05) is 57.0 Å². The molecular formula is C21H23F2N3O3. The lowest BCUT2D eigenvalue weighted by atomic mass is 10.2. The molecule has 0 spiro atoms. The molecule has 1 saturated heterocycles. The molecule has 154 valence electrons. The third kappa shape index (κ3) is 5.43. The van der Waals surface area contributed by atoms with Gasteiger partial charge in [-0.05, 0) is 30.7 Å². The highest BCUT2D eigenvalue weighted by atomic mass is 19.1. The third-order valence-electron chi connectivity index (χ3n) is 4.86. The Balaban J connectivity index is 1.38. The maximum atomic E-state index is 13.6. The van der Waals surface area contributed by atoms with E-state index in [1.54, 1.807) is 23.1 Å². The number of hydrogen-bond acceptors (Lipinski definition) is 4. The van der Waals surface area contributed by atoms with Crippen molar-refractivity contribution in [1.82, 2.24) is 10.2 Å². The highest BCUT2D eigenvalue weighted by Crippen LogP contribution is 2.21. The van der Waals surface area contributed by atoms with Crippen LogP contribution in [0.4, 0.5) is 14.5 Å². The van der Waals surface area contributed by atoms with Gasteiger partial charge in [0.1, 0.15) is 17.4 Å². The van der Waals surface area contributed by atoms with Crippen molar-refractivity contribution < 1.29 is 23.5 Å². The summed E-state index contributed by atoms with van der Waals surface area (Å²) in [5, 5.41) is 12.1. The predicted molar refractivity (Wildman–Crippen MR) is 105 cm³/mol. The molecule has 2 aromatic rings. The molecule has 0 unspecified atom stereocenters. The second-order valence-corrected chi connectivity index (χ2v) is 6.87. The summed E-state index contributed by atoms with van der Waals surface area (Å²) in [5.74, 6) is -2.07. The number of phenols is 1. The molecule has 8 heteroatoms. The van der Waals surface area contributed by atoms with E-state index in [-0.39, 0.29) is 30.2 Å². The number of rotatable bonds is 6. The number of aromatic hydroxyl groups is 1. The van der Waals surface area contributed by atoms with Gasteiger partial charge in [0.05, 0.1) is 5.56 Å². The number of anilines is 1. The van der Waals surface area contributed by atoms with Gasteiger partial charge in [0.15, 0.2) is 0 Å². The Bertz CT molecular complexity index is 883. The number of carbonyl (C=O) groups excluding carboxylic acids is 2. The molecular weight excluding hydrogens is 380 g/mol. The van der Waals surface area contributed by atoms with Gasteiger partial charge in [-0.25, -0.2) is 8.78 Å². The second kappa shape index (κ2) is 9.36. The van der Waals surface area contributed by atoms with Crippen LogP contribution >= 0.6 is 0 Å². The molecule has 1 fully saturated rings. The number of piperazine rings is 1. The quantitative estimate of drug-likeness (QED) is 0.727. The van der Waals surface area contributed by atoms with Crippen molar-refractivity contribution in [3.8, 4) is 5.75 Å². The van der Waals surface area contributed by atoms with Gasteiger partial charge in [-0.3, -0.25) is 9.59 Å². The first-order chi connectivity index (χ1) is 13.9. The van der Waals surface area contributed by atoms with E-state index < -0.39 is 17.5 Å². The standard InChI is InChI=1S/C21H23F2N3O3/c22-15-6-7-18(19(23)13-15)21(29)24-8-2-5-20(28)26-11-9-25(10-12-26)16-3-1-4-17(27)14-16/h1,3-4,6-7,13-14,27H,2,5,8-12H2,(H,24,29). The van der Waals surface area contributed by atoms with E-state index in [1.165, 1.54) is 0 Å². The molecule has 1 aliphatic rings. The van der Waals surface area contributed by atoms with Gasteiger partial charge in [-0.2, -0.15) is 0 Å². The number of hydrogen-bond donors (Lipinski definition) is 2. The lowest BCUT2D eigenvalue weighted by molar-refractivity contribution is -0.131. The van der Waals surface area contributed by atoms with Crippen LogP contribution in [0, 0.1) is 11.6 Å². The van der Waals surface area contributed by atoms with E-state index in [0.29, 0.717) is 38.7 Å². The topological polar surface area (TPSA) is 72.9 Å². The zero-order chi connectivity index (χ0) is 20.8.